The van der Waals surface area contributed by atoms with Crippen molar-refractivity contribution in [2.75, 3.05) is 6.61 Å². The van der Waals surface area contributed by atoms with E-state index in [0.717, 1.165) is 32.1 Å². The van der Waals surface area contributed by atoms with Crippen molar-refractivity contribution in [3.63, 3.8) is 0 Å². The van der Waals surface area contributed by atoms with Crippen LogP contribution in [0.25, 0.3) is 0 Å². The summed E-state index contributed by atoms with van der Waals surface area (Å²) in [5.74, 6) is 2.42. The highest BCUT2D eigenvalue weighted by molar-refractivity contribution is 6.25. The normalized spacial score (nSPS) is 55.2. The Labute approximate surface area is 169 Å². The largest absolute Gasteiger partial charge is 0.393 e. The summed E-state index contributed by atoms with van der Waals surface area (Å²) in [7, 11) is 0. The first-order valence-electron chi connectivity index (χ1n) is 11.1. The van der Waals surface area contributed by atoms with E-state index in [1.54, 1.807) is 6.92 Å². The zero-order valence-corrected chi connectivity index (χ0v) is 18.2. The molecule has 4 aliphatic rings. The summed E-state index contributed by atoms with van der Waals surface area (Å²) in [5.41, 5.74) is 0.119. The van der Waals surface area contributed by atoms with E-state index in [-0.39, 0.29) is 29.0 Å². The van der Waals surface area contributed by atoms with Crippen LogP contribution < -0.4 is 0 Å². The van der Waals surface area contributed by atoms with Gasteiger partial charge in [-0.05, 0) is 81.5 Å². The highest BCUT2D eigenvalue weighted by Crippen LogP contribution is 2.62. The molecule has 4 heteroatoms. The third kappa shape index (κ3) is 2.94. The van der Waals surface area contributed by atoms with Gasteiger partial charge in [0, 0.05) is 11.3 Å². The van der Waals surface area contributed by atoms with E-state index in [1.807, 2.05) is 0 Å². The predicted molar refractivity (Wildman–Crippen MR) is 108 cm³/mol. The maximum atomic E-state index is 12.3. The number of aliphatic hydroxyl groups excluding tert-OH is 1. The highest BCUT2D eigenvalue weighted by atomic mass is 35.5. The van der Waals surface area contributed by atoms with Crippen LogP contribution in [0.2, 0.25) is 0 Å². The van der Waals surface area contributed by atoms with Crippen molar-refractivity contribution in [1.29, 1.82) is 0 Å². The summed E-state index contributed by atoms with van der Waals surface area (Å²) in [6.45, 7) is 9.51. The van der Waals surface area contributed by atoms with Gasteiger partial charge in [0.1, 0.15) is 5.78 Å². The smallest absolute Gasteiger partial charge is 0.133 e. The van der Waals surface area contributed by atoms with Gasteiger partial charge in [-0.3, -0.25) is 4.79 Å². The van der Waals surface area contributed by atoms with Crippen LogP contribution in [0.15, 0.2) is 0 Å². The van der Waals surface area contributed by atoms with E-state index < -0.39 is 4.87 Å². The number of Topliss-reactive ketones (excluding diaryl/α,β-unsaturated/α-hetero) is 1. The summed E-state index contributed by atoms with van der Waals surface area (Å²) in [5, 5.41) is 10.3. The molecule has 1 aliphatic heterocycles. The van der Waals surface area contributed by atoms with Crippen LogP contribution in [0.3, 0.4) is 0 Å². The second-order valence-electron chi connectivity index (χ2n) is 10.9. The molecule has 3 saturated carbocycles. The summed E-state index contributed by atoms with van der Waals surface area (Å²) in [6.07, 6.45) is 7.71. The average Bonchev–Trinajstić information content (AvgIpc) is 3.06. The number of ketones is 1. The maximum absolute atomic E-state index is 12.3. The topological polar surface area (TPSA) is 46.5 Å². The summed E-state index contributed by atoms with van der Waals surface area (Å²) >= 11 is 7.26. The van der Waals surface area contributed by atoms with Gasteiger partial charge in [0.2, 0.25) is 0 Å². The summed E-state index contributed by atoms with van der Waals surface area (Å²) < 4.78 is 6.35. The van der Waals surface area contributed by atoms with Gasteiger partial charge in [-0.25, -0.2) is 0 Å². The molecule has 0 amide bonds. The molecule has 0 aromatic rings. The minimum absolute atomic E-state index is 0.0188. The molecule has 0 aromatic heterocycles. The first-order valence-corrected chi connectivity index (χ1v) is 11.5. The number of hydrogen-bond acceptors (Lipinski definition) is 3. The Balaban J connectivity index is 1.57. The van der Waals surface area contributed by atoms with E-state index >= 15 is 0 Å². The lowest BCUT2D eigenvalue weighted by Crippen LogP contribution is -2.52. The van der Waals surface area contributed by atoms with E-state index in [4.69, 9.17) is 16.3 Å². The Kier molecular flexibility index (Phi) is 5.01. The molecule has 27 heavy (non-hydrogen) atoms. The third-order valence-corrected chi connectivity index (χ3v) is 10.3. The van der Waals surface area contributed by atoms with Gasteiger partial charge in [-0.1, -0.05) is 20.8 Å². The predicted octanol–water partition coefficient (Wildman–Crippen LogP) is 4.97. The van der Waals surface area contributed by atoms with Gasteiger partial charge >= 0.3 is 0 Å². The Morgan fingerprint density at radius 2 is 1.93 bits per heavy atom. The van der Waals surface area contributed by atoms with Gasteiger partial charge in [0.25, 0.3) is 0 Å². The molecule has 4 rings (SSSR count). The fourth-order valence-electron chi connectivity index (χ4n) is 7.56. The SMILES string of the molecule is CC(=O)C1CCC2C(CC3OCC4(C)CCC(O)CC34Cl)C(C)CCC12C. The molecular formula is C23H37ClO3. The molecule has 0 aromatic carbocycles. The van der Waals surface area contributed by atoms with Crippen LogP contribution in [0.5, 0.6) is 0 Å². The first-order chi connectivity index (χ1) is 12.6. The molecule has 0 spiro atoms. The van der Waals surface area contributed by atoms with Crippen molar-refractivity contribution in [1.82, 2.24) is 0 Å². The third-order valence-electron chi connectivity index (χ3n) is 9.45. The lowest BCUT2D eigenvalue weighted by molar-refractivity contribution is -0.126. The Morgan fingerprint density at radius 1 is 1.19 bits per heavy atom. The summed E-state index contributed by atoms with van der Waals surface area (Å²) in [4.78, 5) is 11.8. The highest BCUT2D eigenvalue weighted by Gasteiger charge is 2.62. The van der Waals surface area contributed by atoms with E-state index in [1.165, 1.54) is 12.8 Å². The van der Waals surface area contributed by atoms with Gasteiger partial charge < -0.3 is 9.84 Å². The molecule has 3 nitrogen and oxygen atoms in total. The van der Waals surface area contributed by atoms with Crippen molar-refractivity contribution in [3.05, 3.63) is 0 Å². The van der Waals surface area contributed by atoms with Crippen LogP contribution >= 0.6 is 11.6 Å². The number of halogens is 1. The number of fused-ring (bicyclic) bond motifs is 2. The molecule has 3 aliphatic carbocycles. The zero-order valence-electron chi connectivity index (χ0n) is 17.5. The second kappa shape index (κ2) is 6.71. The number of hydrogen-bond donors (Lipinski definition) is 1. The van der Waals surface area contributed by atoms with Gasteiger partial charge in [-0.2, -0.15) is 0 Å². The van der Waals surface area contributed by atoms with Crippen molar-refractivity contribution in [2.45, 2.75) is 96.1 Å². The number of ether oxygens (including phenoxy) is 1. The van der Waals surface area contributed by atoms with E-state index in [9.17, 15) is 9.90 Å². The van der Waals surface area contributed by atoms with Gasteiger partial charge in [-0.15, -0.1) is 11.6 Å². The fraction of sp³-hybridized carbons (Fsp3) is 0.957. The molecule has 1 N–H and O–H groups in total. The molecule has 0 radical (unpaired) electrons. The van der Waals surface area contributed by atoms with Crippen LogP contribution in [-0.4, -0.2) is 34.6 Å². The van der Waals surface area contributed by atoms with Gasteiger partial charge in [0.05, 0.1) is 23.7 Å². The second-order valence-corrected chi connectivity index (χ2v) is 11.6. The van der Waals surface area contributed by atoms with Crippen LogP contribution in [0.1, 0.15) is 79.1 Å². The molecule has 1 saturated heterocycles. The summed E-state index contributed by atoms with van der Waals surface area (Å²) in [6, 6.07) is 0. The number of carbonyl (C=O) groups is 1. The zero-order chi connectivity index (χ0) is 19.6. The molecule has 9 atom stereocenters. The Hall–Kier alpha value is -0.120. The number of aliphatic hydroxyl groups is 1. The number of alkyl halides is 1. The minimum atomic E-state index is -0.448. The first kappa shape index (κ1) is 20.2. The Bertz CT molecular complexity index is 608. The standard InChI is InChI=1S/C23H37ClO3/c1-14-7-10-22(4)18(15(2)25)5-6-19(22)17(14)11-20-23(24)12-16(26)8-9-21(23,3)13-27-20/h14,16-20,26H,5-13H2,1-4H3. The number of rotatable bonds is 3. The monoisotopic (exact) mass is 396 g/mol. The van der Waals surface area contributed by atoms with Crippen LogP contribution in [-0.2, 0) is 9.53 Å². The molecule has 9 unspecified atom stereocenters. The van der Waals surface area contributed by atoms with Crippen molar-refractivity contribution in [3.8, 4) is 0 Å². The minimum Gasteiger partial charge on any atom is -0.393 e. The van der Waals surface area contributed by atoms with Crippen molar-refractivity contribution in [2.24, 2.45) is 34.5 Å². The lowest BCUT2D eigenvalue weighted by Gasteiger charge is -2.50. The molecule has 154 valence electrons. The molecule has 1 heterocycles. The number of carbonyl (C=O) groups excluding carboxylic acids is 1. The van der Waals surface area contributed by atoms with E-state index in [2.05, 4.69) is 20.8 Å². The Morgan fingerprint density at radius 3 is 2.63 bits per heavy atom. The molecule has 4 fully saturated rings. The molecular weight excluding hydrogens is 360 g/mol. The molecule has 0 bridgehead atoms. The van der Waals surface area contributed by atoms with Gasteiger partial charge in [0.15, 0.2) is 0 Å². The maximum Gasteiger partial charge on any atom is 0.133 e. The van der Waals surface area contributed by atoms with Crippen LogP contribution in [0.4, 0.5) is 0 Å². The average molecular weight is 397 g/mol. The quantitative estimate of drug-likeness (QED) is 0.685. The van der Waals surface area contributed by atoms with Crippen molar-refractivity contribution < 1.29 is 14.6 Å². The lowest BCUT2D eigenvalue weighted by atomic mass is 9.56. The van der Waals surface area contributed by atoms with Crippen LogP contribution in [0, 0.1) is 34.5 Å². The fourth-order valence-corrected chi connectivity index (χ4v) is 8.03. The van der Waals surface area contributed by atoms with E-state index in [0.29, 0.717) is 36.6 Å². The van der Waals surface area contributed by atoms with Crippen molar-refractivity contribution >= 4 is 17.4 Å².